The van der Waals surface area contributed by atoms with E-state index in [0.29, 0.717) is 6.61 Å². The highest BCUT2D eigenvalue weighted by Gasteiger charge is 1.96. The van der Waals surface area contributed by atoms with E-state index in [2.05, 4.69) is 0 Å². The highest BCUT2D eigenvalue weighted by atomic mass is 35.5. The van der Waals surface area contributed by atoms with E-state index in [0.717, 1.165) is 29.3 Å². The zero-order valence-corrected chi connectivity index (χ0v) is 10.9. The second kappa shape index (κ2) is 6.31. The van der Waals surface area contributed by atoms with Crippen molar-refractivity contribution in [2.45, 2.75) is 12.8 Å². The summed E-state index contributed by atoms with van der Waals surface area (Å²) in [5.41, 5.74) is 7.63. The Kier molecular flexibility index (Phi) is 4.48. The molecule has 94 valence electrons. The summed E-state index contributed by atoms with van der Waals surface area (Å²) in [6.07, 6.45) is 1.97. The average Bonchev–Trinajstić information content (AvgIpc) is 2.39. The monoisotopic (exact) mass is 261 g/mol. The number of benzene rings is 2. The van der Waals surface area contributed by atoms with Crippen molar-refractivity contribution in [3.8, 4) is 5.75 Å². The van der Waals surface area contributed by atoms with Crippen LogP contribution in [0.5, 0.6) is 5.75 Å². The van der Waals surface area contributed by atoms with Crippen LogP contribution in [0.25, 0.3) is 0 Å². The number of hydrogen-bond donors (Lipinski definition) is 1. The van der Waals surface area contributed by atoms with Gasteiger partial charge in [0.1, 0.15) is 5.75 Å². The molecule has 2 aromatic rings. The quantitative estimate of drug-likeness (QED) is 0.654. The number of hydrogen-bond acceptors (Lipinski definition) is 2. The molecule has 0 amide bonds. The van der Waals surface area contributed by atoms with Crippen molar-refractivity contribution in [2.24, 2.45) is 0 Å². The fourth-order valence-corrected chi connectivity index (χ4v) is 1.81. The molecule has 0 aliphatic carbocycles. The topological polar surface area (TPSA) is 35.2 Å². The molecular weight excluding hydrogens is 246 g/mol. The van der Waals surface area contributed by atoms with Gasteiger partial charge in [0, 0.05) is 10.7 Å². The fraction of sp³-hybridized carbons (Fsp3) is 0.200. The molecule has 0 spiro atoms. The van der Waals surface area contributed by atoms with E-state index in [9.17, 15) is 0 Å². The molecule has 0 heterocycles. The van der Waals surface area contributed by atoms with Crippen LogP contribution in [0, 0.1) is 0 Å². The number of nitrogens with two attached hydrogens (primary N) is 1. The van der Waals surface area contributed by atoms with E-state index in [1.807, 2.05) is 48.5 Å². The number of nitrogen functional groups attached to an aromatic ring is 1. The highest BCUT2D eigenvalue weighted by Crippen LogP contribution is 2.14. The number of rotatable bonds is 5. The van der Waals surface area contributed by atoms with Crippen LogP contribution < -0.4 is 10.5 Å². The zero-order valence-electron chi connectivity index (χ0n) is 10.1. The fourth-order valence-electron chi connectivity index (χ4n) is 1.68. The Bertz CT molecular complexity index is 431. The van der Waals surface area contributed by atoms with Crippen LogP contribution in [0.3, 0.4) is 0 Å². The lowest BCUT2D eigenvalue weighted by Crippen LogP contribution is -1.99. The Hall–Kier alpha value is -1.67. The SMILES string of the molecule is Nc1ccc(OCCCc2ccc(Cl)cc2)cc1. The first kappa shape index (κ1) is 12.8. The van der Waals surface area contributed by atoms with Crippen LogP contribution in [-0.4, -0.2) is 6.61 Å². The standard InChI is InChI=1S/C15H16ClNO/c16-13-5-3-12(4-6-13)2-1-11-18-15-9-7-14(17)8-10-15/h3-10H,1-2,11,17H2. The number of aryl methyl sites for hydroxylation is 1. The van der Waals surface area contributed by atoms with Crippen molar-refractivity contribution in [1.82, 2.24) is 0 Å². The minimum Gasteiger partial charge on any atom is -0.494 e. The molecule has 0 fully saturated rings. The summed E-state index contributed by atoms with van der Waals surface area (Å²) in [6.45, 7) is 0.701. The second-order valence-electron chi connectivity index (χ2n) is 4.15. The van der Waals surface area contributed by atoms with Gasteiger partial charge >= 0.3 is 0 Å². The average molecular weight is 262 g/mol. The van der Waals surface area contributed by atoms with Gasteiger partial charge in [0.2, 0.25) is 0 Å². The number of halogens is 1. The van der Waals surface area contributed by atoms with Crippen LogP contribution in [0.4, 0.5) is 5.69 Å². The van der Waals surface area contributed by atoms with E-state index in [1.54, 1.807) is 0 Å². The van der Waals surface area contributed by atoms with Crippen LogP contribution in [-0.2, 0) is 6.42 Å². The van der Waals surface area contributed by atoms with Crippen LogP contribution in [0.1, 0.15) is 12.0 Å². The molecule has 0 aromatic heterocycles. The van der Waals surface area contributed by atoms with Crippen LogP contribution in [0.15, 0.2) is 48.5 Å². The second-order valence-corrected chi connectivity index (χ2v) is 4.58. The number of ether oxygens (including phenoxy) is 1. The Morgan fingerprint density at radius 1 is 0.944 bits per heavy atom. The first-order valence-corrected chi connectivity index (χ1v) is 6.34. The maximum absolute atomic E-state index is 5.83. The molecule has 0 atom stereocenters. The van der Waals surface area contributed by atoms with Gasteiger partial charge in [-0.05, 0) is 54.8 Å². The lowest BCUT2D eigenvalue weighted by molar-refractivity contribution is 0.311. The lowest BCUT2D eigenvalue weighted by atomic mass is 10.1. The summed E-state index contributed by atoms with van der Waals surface area (Å²) in [5.74, 6) is 0.861. The molecule has 0 bridgehead atoms. The van der Waals surface area contributed by atoms with Crippen molar-refractivity contribution in [1.29, 1.82) is 0 Å². The van der Waals surface area contributed by atoms with E-state index in [-0.39, 0.29) is 0 Å². The van der Waals surface area contributed by atoms with Gasteiger partial charge in [0.15, 0.2) is 0 Å². The molecular formula is C15H16ClNO. The Morgan fingerprint density at radius 3 is 2.28 bits per heavy atom. The molecule has 0 radical (unpaired) electrons. The molecule has 18 heavy (non-hydrogen) atoms. The van der Waals surface area contributed by atoms with E-state index < -0.39 is 0 Å². The minimum absolute atomic E-state index is 0.701. The summed E-state index contributed by atoms with van der Waals surface area (Å²) in [7, 11) is 0. The van der Waals surface area contributed by atoms with E-state index in [1.165, 1.54) is 5.56 Å². The minimum atomic E-state index is 0.701. The van der Waals surface area contributed by atoms with Gasteiger partial charge in [-0.2, -0.15) is 0 Å². The first-order chi connectivity index (χ1) is 8.74. The third kappa shape index (κ3) is 3.97. The van der Waals surface area contributed by atoms with Crippen molar-refractivity contribution in [2.75, 3.05) is 12.3 Å². The van der Waals surface area contributed by atoms with Gasteiger partial charge < -0.3 is 10.5 Å². The zero-order chi connectivity index (χ0) is 12.8. The highest BCUT2D eigenvalue weighted by molar-refractivity contribution is 6.30. The molecule has 0 saturated carbocycles. The molecule has 0 aliphatic rings. The third-order valence-corrected chi connectivity index (χ3v) is 2.92. The Morgan fingerprint density at radius 2 is 1.61 bits per heavy atom. The summed E-state index contributed by atoms with van der Waals surface area (Å²) in [4.78, 5) is 0. The van der Waals surface area contributed by atoms with Gasteiger partial charge in [-0.15, -0.1) is 0 Å². The summed E-state index contributed by atoms with van der Waals surface area (Å²) in [5, 5.41) is 0.775. The molecule has 0 unspecified atom stereocenters. The molecule has 2 rings (SSSR count). The summed E-state index contributed by atoms with van der Waals surface area (Å²) >= 11 is 5.83. The van der Waals surface area contributed by atoms with Crippen molar-refractivity contribution in [3.05, 3.63) is 59.1 Å². The molecule has 0 aliphatic heterocycles. The smallest absolute Gasteiger partial charge is 0.119 e. The predicted octanol–water partition coefficient (Wildman–Crippen LogP) is 3.93. The van der Waals surface area contributed by atoms with Crippen molar-refractivity contribution >= 4 is 17.3 Å². The largest absolute Gasteiger partial charge is 0.494 e. The molecule has 2 aromatic carbocycles. The van der Waals surface area contributed by atoms with E-state index in [4.69, 9.17) is 22.1 Å². The maximum Gasteiger partial charge on any atom is 0.119 e. The Balaban J connectivity index is 1.73. The molecule has 0 saturated heterocycles. The van der Waals surface area contributed by atoms with Crippen molar-refractivity contribution in [3.63, 3.8) is 0 Å². The normalized spacial score (nSPS) is 10.3. The maximum atomic E-state index is 5.83. The van der Waals surface area contributed by atoms with Gasteiger partial charge in [0.25, 0.3) is 0 Å². The van der Waals surface area contributed by atoms with Crippen LogP contribution >= 0.6 is 11.6 Å². The molecule has 2 N–H and O–H groups in total. The first-order valence-electron chi connectivity index (χ1n) is 5.97. The van der Waals surface area contributed by atoms with E-state index >= 15 is 0 Å². The van der Waals surface area contributed by atoms with Gasteiger partial charge in [-0.25, -0.2) is 0 Å². The van der Waals surface area contributed by atoms with Gasteiger partial charge in [0.05, 0.1) is 6.61 Å². The van der Waals surface area contributed by atoms with Gasteiger partial charge in [-0.1, -0.05) is 23.7 Å². The van der Waals surface area contributed by atoms with Crippen LogP contribution in [0.2, 0.25) is 5.02 Å². The Labute approximate surface area is 112 Å². The summed E-state index contributed by atoms with van der Waals surface area (Å²) < 4.78 is 5.62. The number of anilines is 1. The lowest BCUT2D eigenvalue weighted by Gasteiger charge is -2.06. The van der Waals surface area contributed by atoms with Crippen molar-refractivity contribution < 1.29 is 4.74 Å². The molecule has 2 nitrogen and oxygen atoms in total. The summed E-state index contributed by atoms with van der Waals surface area (Å²) in [6, 6.07) is 15.4. The van der Waals surface area contributed by atoms with Gasteiger partial charge in [-0.3, -0.25) is 0 Å². The predicted molar refractivity (Wildman–Crippen MR) is 76.1 cm³/mol. The molecule has 3 heteroatoms. The third-order valence-electron chi connectivity index (χ3n) is 2.67.